The quantitative estimate of drug-likeness (QED) is 0.848. The molecular weight excluding hydrogens is 224 g/mol. The fourth-order valence-corrected chi connectivity index (χ4v) is 2.20. The average Bonchev–Trinajstić information content (AvgIpc) is 2.75. The van der Waals surface area contributed by atoms with Crippen LogP contribution in [0.4, 0.5) is 0 Å². The van der Waals surface area contributed by atoms with E-state index in [0.717, 1.165) is 24.1 Å². The Kier molecular flexibility index (Phi) is 3.68. The number of fused-ring (bicyclic) bond motifs is 1. The summed E-state index contributed by atoms with van der Waals surface area (Å²) < 4.78 is 0. The van der Waals surface area contributed by atoms with Crippen molar-refractivity contribution in [2.75, 3.05) is 20.6 Å². The van der Waals surface area contributed by atoms with Crippen molar-refractivity contribution in [3.05, 3.63) is 30.1 Å². The zero-order valence-corrected chi connectivity index (χ0v) is 11.6. The average molecular weight is 246 g/mol. The topological polar surface area (TPSA) is 44.0 Å². The highest BCUT2D eigenvalue weighted by molar-refractivity contribution is 5.74. The first-order valence-electron chi connectivity index (χ1n) is 6.30. The van der Waals surface area contributed by atoms with Crippen LogP contribution in [0.1, 0.15) is 19.4 Å². The smallest absolute Gasteiger partial charge is 0.0931 e. The molecule has 4 heteroatoms. The lowest BCUT2D eigenvalue weighted by Crippen LogP contribution is -2.46. The summed E-state index contributed by atoms with van der Waals surface area (Å²) in [6.07, 6.45) is 1.74. The molecule has 0 aliphatic rings. The van der Waals surface area contributed by atoms with E-state index in [0.29, 0.717) is 0 Å². The molecule has 0 atom stereocenters. The Balaban J connectivity index is 2.04. The van der Waals surface area contributed by atoms with Crippen LogP contribution in [-0.2, 0) is 6.54 Å². The number of nitrogens with one attached hydrogen (secondary N) is 2. The van der Waals surface area contributed by atoms with Crippen molar-refractivity contribution < 1.29 is 0 Å². The highest BCUT2D eigenvalue weighted by Crippen LogP contribution is 2.14. The molecule has 1 aromatic carbocycles. The Morgan fingerprint density at radius 2 is 2.17 bits per heavy atom. The molecule has 18 heavy (non-hydrogen) atoms. The molecule has 0 saturated carbocycles. The van der Waals surface area contributed by atoms with E-state index in [1.807, 2.05) is 7.05 Å². The van der Waals surface area contributed by atoms with Crippen LogP contribution in [0, 0.1) is 0 Å². The standard InChI is InChI=1S/C14H22N4/c1-14(2,15-3)9-18(4)8-11-5-6-12-13(7-11)17-10-16-12/h5-7,10,15H,8-9H2,1-4H3,(H,16,17). The van der Waals surface area contributed by atoms with Gasteiger partial charge in [-0.25, -0.2) is 4.98 Å². The van der Waals surface area contributed by atoms with Crippen molar-refractivity contribution in [2.45, 2.75) is 25.9 Å². The molecule has 0 saturated heterocycles. The molecule has 2 rings (SSSR count). The van der Waals surface area contributed by atoms with Crippen LogP contribution < -0.4 is 5.32 Å². The molecule has 0 radical (unpaired) electrons. The summed E-state index contributed by atoms with van der Waals surface area (Å²) in [5.41, 5.74) is 3.57. The monoisotopic (exact) mass is 246 g/mol. The van der Waals surface area contributed by atoms with Gasteiger partial charge in [-0.15, -0.1) is 0 Å². The van der Waals surface area contributed by atoms with E-state index in [2.05, 4.69) is 59.3 Å². The minimum absolute atomic E-state index is 0.132. The fraction of sp³-hybridized carbons (Fsp3) is 0.500. The van der Waals surface area contributed by atoms with Gasteiger partial charge in [0, 0.05) is 18.6 Å². The maximum Gasteiger partial charge on any atom is 0.0931 e. The summed E-state index contributed by atoms with van der Waals surface area (Å²) in [5, 5.41) is 3.33. The molecule has 98 valence electrons. The molecule has 0 aliphatic carbocycles. The first-order valence-corrected chi connectivity index (χ1v) is 6.30. The highest BCUT2D eigenvalue weighted by Gasteiger charge is 2.17. The largest absolute Gasteiger partial charge is 0.345 e. The van der Waals surface area contributed by atoms with Crippen LogP contribution in [0.3, 0.4) is 0 Å². The third-order valence-electron chi connectivity index (χ3n) is 3.28. The van der Waals surface area contributed by atoms with E-state index in [9.17, 15) is 0 Å². The fourth-order valence-electron chi connectivity index (χ4n) is 2.20. The highest BCUT2D eigenvalue weighted by atomic mass is 15.1. The van der Waals surface area contributed by atoms with Gasteiger partial charge < -0.3 is 15.2 Å². The summed E-state index contributed by atoms with van der Waals surface area (Å²) in [6, 6.07) is 6.38. The van der Waals surface area contributed by atoms with Gasteiger partial charge in [0.1, 0.15) is 0 Å². The van der Waals surface area contributed by atoms with Gasteiger partial charge in [-0.05, 0) is 45.6 Å². The van der Waals surface area contributed by atoms with Gasteiger partial charge in [0.05, 0.1) is 17.4 Å². The number of hydrogen-bond acceptors (Lipinski definition) is 3. The number of H-pyrrole nitrogens is 1. The second-order valence-electron chi connectivity index (χ2n) is 5.56. The molecule has 0 unspecified atom stereocenters. The van der Waals surface area contributed by atoms with Gasteiger partial charge in [-0.3, -0.25) is 0 Å². The van der Waals surface area contributed by atoms with Crippen molar-refractivity contribution in [1.29, 1.82) is 0 Å². The lowest BCUT2D eigenvalue weighted by molar-refractivity contribution is 0.238. The number of hydrogen-bond donors (Lipinski definition) is 2. The normalized spacial score (nSPS) is 12.5. The second-order valence-corrected chi connectivity index (χ2v) is 5.56. The van der Waals surface area contributed by atoms with Crippen LogP contribution in [0.25, 0.3) is 11.0 Å². The summed E-state index contributed by atoms with van der Waals surface area (Å²) in [4.78, 5) is 9.71. The van der Waals surface area contributed by atoms with E-state index in [-0.39, 0.29) is 5.54 Å². The predicted octanol–water partition coefficient (Wildman–Crippen LogP) is 1.99. The second kappa shape index (κ2) is 5.08. The van der Waals surface area contributed by atoms with Crippen molar-refractivity contribution in [2.24, 2.45) is 0 Å². The van der Waals surface area contributed by atoms with Gasteiger partial charge in [-0.2, -0.15) is 0 Å². The minimum Gasteiger partial charge on any atom is -0.345 e. The van der Waals surface area contributed by atoms with Crippen LogP contribution in [0.5, 0.6) is 0 Å². The molecule has 2 N–H and O–H groups in total. The molecule has 0 spiro atoms. The number of aromatic amines is 1. The van der Waals surface area contributed by atoms with Gasteiger partial charge in [0.2, 0.25) is 0 Å². The minimum atomic E-state index is 0.132. The van der Waals surface area contributed by atoms with E-state index in [1.165, 1.54) is 5.56 Å². The summed E-state index contributed by atoms with van der Waals surface area (Å²) in [5.74, 6) is 0. The number of aromatic nitrogens is 2. The third kappa shape index (κ3) is 3.09. The first kappa shape index (κ1) is 13.1. The Bertz CT molecular complexity index is 515. The SMILES string of the molecule is CNC(C)(C)CN(C)Cc1ccc2nc[nH]c2c1. The molecular formula is C14H22N4. The third-order valence-corrected chi connectivity index (χ3v) is 3.28. The number of benzene rings is 1. The van der Waals surface area contributed by atoms with Crippen LogP contribution in [0.2, 0.25) is 0 Å². The molecule has 0 amide bonds. The van der Waals surface area contributed by atoms with Crippen LogP contribution in [0.15, 0.2) is 24.5 Å². The maximum atomic E-state index is 4.23. The lowest BCUT2D eigenvalue weighted by Gasteiger charge is -2.30. The summed E-state index contributed by atoms with van der Waals surface area (Å²) in [7, 11) is 4.15. The number of nitrogens with zero attached hydrogens (tertiary/aromatic N) is 2. The van der Waals surface area contributed by atoms with Gasteiger partial charge in [-0.1, -0.05) is 6.07 Å². The van der Waals surface area contributed by atoms with E-state index < -0.39 is 0 Å². The van der Waals surface area contributed by atoms with E-state index in [1.54, 1.807) is 6.33 Å². The van der Waals surface area contributed by atoms with Crippen molar-refractivity contribution in [3.63, 3.8) is 0 Å². The molecule has 1 heterocycles. The summed E-state index contributed by atoms with van der Waals surface area (Å²) >= 11 is 0. The predicted molar refractivity (Wildman–Crippen MR) is 75.6 cm³/mol. The van der Waals surface area contributed by atoms with Crippen molar-refractivity contribution in [3.8, 4) is 0 Å². The van der Waals surface area contributed by atoms with E-state index in [4.69, 9.17) is 0 Å². The van der Waals surface area contributed by atoms with Gasteiger partial charge in [0.25, 0.3) is 0 Å². The number of imidazole rings is 1. The Morgan fingerprint density at radius 3 is 2.89 bits per heavy atom. The molecule has 1 aromatic heterocycles. The molecule has 0 bridgehead atoms. The number of rotatable bonds is 5. The Labute approximate surface area is 108 Å². The van der Waals surface area contributed by atoms with Crippen molar-refractivity contribution >= 4 is 11.0 Å². The first-order chi connectivity index (χ1) is 8.50. The van der Waals surface area contributed by atoms with Crippen molar-refractivity contribution in [1.82, 2.24) is 20.2 Å². The molecule has 0 fully saturated rings. The van der Waals surface area contributed by atoms with Crippen LogP contribution >= 0.6 is 0 Å². The number of likely N-dealkylation sites (N-methyl/N-ethyl adjacent to an activating group) is 2. The maximum absolute atomic E-state index is 4.23. The van der Waals surface area contributed by atoms with Crippen LogP contribution in [-0.4, -0.2) is 41.0 Å². The lowest BCUT2D eigenvalue weighted by atomic mass is 10.1. The van der Waals surface area contributed by atoms with Gasteiger partial charge in [0.15, 0.2) is 0 Å². The summed E-state index contributed by atoms with van der Waals surface area (Å²) in [6.45, 7) is 6.37. The zero-order chi connectivity index (χ0) is 13.2. The Morgan fingerprint density at radius 1 is 1.39 bits per heavy atom. The molecule has 4 nitrogen and oxygen atoms in total. The molecule has 0 aliphatic heterocycles. The van der Waals surface area contributed by atoms with E-state index >= 15 is 0 Å². The Hall–Kier alpha value is -1.39. The molecule has 2 aromatic rings. The van der Waals surface area contributed by atoms with Gasteiger partial charge >= 0.3 is 0 Å². The zero-order valence-electron chi connectivity index (χ0n) is 11.6.